The maximum atomic E-state index is 12.5. The van der Waals surface area contributed by atoms with E-state index in [4.69, 9.17) is 14.6 Å². The summed E-state index contributed by atoms with van der Waals surface area (Å²) in [4.78, 5) is 25.2. The summed E-state index contributed by atoms with van der Waals surface area (Å²) in [5.74, 6) is 0.173. The molecule has 0 fully saturated rings. The molecular weight excluding hydrogens is 340 g/mol. The SMILES string of the molecule is CCCN(C=O)C(CNCC(O)CO)C(=O)OCc1ccc(OC)cc1. The second-order valence-corrected chi connectivity index (χ2v) is 5.81. The first-order chi connectivity index (χ1) is 12.5. The monoisotopic (exact) mass is 368 g/mol. The van der Waals surface area contributed by atoms with Gasteiger partial charge in [0.15, 0.2) is 0 Å². The Morgan fingerprint density at radius 1 is 1.31 bits per heavy atom. The molecule has 1 aromatic carbocycles. The van der Waals surface area contributed by atoms with E-state index < -0.39 is 18.1 Å². The lowest BCUT2D eigenvalue weighted by atomic mass is 10.2. The second kappa shape index (κ2) is 12.2. The average Bonchev–Trinajstić information content (AvgIpc) is 2.68. The Labute approximate surface area is 153 Å². The highest BCUT2D eigenvalue weighted by molar-refractivity contribution is 5.78. The summed E-state index contributed by atoms with van der Waals surface area (Å²) in [6.45, 7) is 2.24. The molecule has 0 aliphatic rings. The molecule has 0 saturated heterocycles. The smallest absolute Gasteiger partial charge is 0.330 e. The average molecular weight is 368 g/mol. The standard InChI is InChI=1S/C18H28N2O6/c1-3-8-20(13-22)17(10-19-9-15(23)11-21)18(24)26-12-14-4-6-16(25-2)7-5-14/h4-7,13,15,17,19,21,23H,3,8-12H2,1-2H3. The minimum absolute atomic E-state index is 0.0808. The number of aliphatic hydroxyl groups is 2. The first-order valence-corrected chi connectivity index (χ1v) is 8.55. The Bertz CT molecular complexity index is 537. The van der Waals surface area contributed by atoms with Crippen molar-refractivity contribution in [3.8, 4) is 5.75 Å². The molecule has 0 heterocycles. The van der Waals surface area contributed by atoms with Crippen molar-refractivity contribution < 1.29 is 29.3 Å². The van der Waals surface area contributed by atoms with Gasteiger partial charge in [0.1, 0.15) is 18.4 Å². The fraction of sp³-hybridized carbons (Fsp3) is 0.556. The maximum absolute atomic E-state index is 12.5. The zero-order valence-electron chi connectivity index (χ0n) is 15.3. The largest absolute Gasteiger partial charge is 0.497 e. The van der Waals surface area contributed by atoms with Crippen LogP contribution in [0.25, 0.3) is 0 Å². The fourth-order valence-corrected chi connectivity index (χ4v) is 2.30. The van der Waals surface area contributed by atoms with E-state index in [1.165, 1.54) is 4.90 Å². The third-order valence-corrected chi connectivity index (χ3v) is 3.76. The number of carbonyl (C=O) groups excluding carboxylic acids is 2. The molecule has 3 N–H and O–H groups in total. The number of carbonyl (C=O) groups is 2. The molecular formula is C18H28N2O6. The molecule has 1 amide bonds. The van der Waals surface area contributed by atoms with Gasteiger partial charge in [-0.3, -0.25) is 4.79 Å². The first-order valence-electron chi connectivity index (χ1n) is 8.55. The van der Waals surface area contributed by atoms with E-state index in [-0.39, 0.29) is 26.3 Å². The Hall–Kier alpha value is -2.16. The van der Waals surface area contributed by atoms with Crippen LogP contribution in [0, 0.1) is 0 Å². The number of hydrogen-bond acceptors (Lipinski definition) is 7. The van der Waals surface area contributed by atoms with Crippen LogP contribution in [0.3, 0.4) is 0 Å². The van der Waals surface area contributed by atoms with Gasteiger partial charge in [0, 0.05) is 19.6 Å². The second-order valence-electron chi connectivity index (χ2n) is 5.81. The summed E-state index contributed by atoms with van der Waals surface area (Å²) >= 11 is 0. The summed E-state index contributed by atoms with van der Waals surface area (Å²) < 4.78 is 10.4. The molecule has 0 radical (unpaired) electrons. The van der Waals surface area contributed by atoms with Crippen molar-refractivity contribution in [2.75, 3.05) is 33.4 Å². The van der Waals surface area contributed by atoms with Crippen LogP contribution >= 0.6 is 0 Å². The van der Waals surface area contributed by atoms with Crippen LogP contribution < -0.4 is 10.1 Å². The minimum atomic E-state index is -0.929. The molecule has 0 saturated carbocycles. The summed E-state index contributed by atoms with van der Waals surface area (Å²) in [6, 6.07) is 6.32. The van der Waals surface area contributed by atoms with E-state index in [1.807, 2.05) is 6.92 Å². The van der Waals surface area contributed by atoms with Gasteiger partial charge in [-0.1, -0.05) is 19.1 Å². The first kappa shape index (κ1) is 21.9. The number of benzene rings is 1. The topological polar surface area (TPSA) is 108 Å². The van der Waals surface area contributed by atoms with Gasteiger partial charge in [0.05, 0.1) is 19.8 Å². The molecule has 8 heteroatoms. The van der Waals surface area contributed by atoms with Crippen molar-refractivity contribution in [2.24, 2.45) is 0 Å². The Morgan fingerprint density at radius 2 is 2.00 bits per heavy atom. The van der Waals surface area contributed by atoms with E-state index in [9.17, 15) is 14.7 Å². The third-order valence-electron chi connectivity index (χ3n) is 3.76. The Kier molecular flexibility index (Phi) is 10.3. The highest BCUT2D eigenvalue weighted by Crippen LogP contribution is 2.12. The molecule has 0 aromatic heterocycles. The summed E-state index contributed by atoms with van der Waals surface area (Å²) in [5.41, 5.74) is 0.801. The molecule has 1 aromatic rings. The normalized spacial score (nSPS) is 12.9. The zero-order valence-corrected chi connectivity index (χ0v) is 15.3. The van der Waals surface area contributed by atoms with Crippen molar-refractivity contribution in [1.82, 2.24) is 10.2 Å². The van der Waals surface area contributed by atoms with Crippen LogP contribution in [0.1, 0.15) is 18.9 Å². The fourth-order valence-electron chi connectivity index (χ4n) is 2.30. The molecule has 2 unspecified atom stereocenters. The van der Waals surface area contributed by atoms with Crippen LogP contribution in [0.5, 0.6) is 5.75 Å². The molecule has 0 aliphatic heterocycles. The zero-order chi connectivity index (χ0) is 19.4. The number of esters is 1. The summed E-state index contributed by atoms with van der Waals surface area (Å²) in [6.07, 6.45) is 0.384. The molecule has 0 bridgehead atoms. The van der Waals surface area contributed by atoms with Gasteiger partial charge in [-0.15, -0.1) is 0 Å². The number of aliphatic hydroxyl groups excluding tert-OH is 2. The molecule has 26 heavy (non-hydrogen) atoms. The minimum Gasteiger partial charge on any atom is -0.497 e. The Morgan fingerprint density at radius 3 is 2.54 bits per heavy atom. The summed E-state index contributed by atoms with van der Waals surface area (Å²) in [5, 5.41) is 21.1. The van der Waals surface area contributed by atoms with Crippen molar-refractivity contribution in [3.63, 3.8) is 0 Å². The predicted molar refractivity (Wildman–Crippen MR) is 95.6 cm³/mol. The maximum Gasteiger partial charge on any atom is 0.330 e. The van der Waals surface area contributed by atoms with Crippen LogP contribution in [-0.4, -0.2) is 73.0 Å². The van der Waals surface area contributed by atoms with Gasteiger partial charge in [-0.05, 0) is 24.1 Å². The van der Waals surface area contributed by atoms with Gasteiger partial charge in [0.2, 0.25) is 6.41 Å². The van der Waals surface area contributed by atoms with E-state index in [0.717, 1.165) is 5.56 Å². The number of nitrogens with one attached hydrogen (secondary N) is 1. The van der Waals surface area contributed by atoms with Crippen molar-refractivity contribution >= 4 is 12.4 Å². The number of methoxy groups -OCH3 is 1. The lowest BCUT2D eigenvalue weighted by Gasteiger charge is -2.27. The molecule has 146 valence electrons. The van der Waals surface area contributed by atoms with Gasteiger partial charge in [-0.25, -0.2) is 4.79 Å². The molecule has 2 atom stereocenters. The molecule has 0 aliphatic carbocycles. The third kappa shape index (κ3) is 7.38. The predicted octanol–water partition coefficient (Wildman–Crippen LogP) is -0.0818. The van der Waals surface area contributed by atoms with E-state index >= 15 is 0 Å². The van der Waals surface area contributed by atoms with Gasteiger partial charge in [-0.2, -0.15) is 0 Å². The van der Waals surface area contributed by atoms with E-state index in [1.54, 1.807) is 31.4 Å². The summed E-state index contributed by atoms with van der Waals surface area (Å²) in [7, 11) is 1.57. The van der Waals surface area contributed by atoms with Crippen LogP contribution in [0.2, 0.25) is 0 Å². The van der Waals surface area contributed by atoms with Gasteiger partial charge in [0.25, 0.3) is 0 Å². The highest BCUT2D eigenvalue weighted by Gasteiger charge is 2.26. The molecule has 1 rings (SSSR count). The van der Waals surface area contributed by atoms with Crippen molar-refractivity contribution in [2.45, 2.75) is 32.1 Å². The highest BCUT2D eigenvalue weighted by atomic mass is 16.5. The van der Waals surface area contributed by atoms with Crippen LogP contribution in [-0.2, 0) is 20.9 Å². The van der Waals surface area contributed by atoms with Crippen LogP contribution in [0.4, 0.5) is 0 Å². The van der Waals surface area contributed by atoms with Gasteiger partial charge >= 0.3 is 5.97 Å². The Balaban J connectivity index is 2.66. The van der Waals surface area contributed by atoms with Crippen LogP contribution in [0.15, 0.2) is 24.3 Å². The number of rotatable bonds is 13. The number of hydrogen-bond donors (Lipinski definition) is 3. The number of nitrogens with zero attached hydrogens (tertiary/aromatic N) is 1. The van der Waals surface area contributed by atoms with Gasteiger partial charge < -0.3 is 29.9 Å². The number of ether oxygens (including phenoxy) is 2. The van der Waals surface area contributed by atoms with E-state index in [0.29, 0.717) is 25.1 Å². The van der Waals surface area contributed by atoms with E-state index in [2.05, 4.69) is 5.32 Å². The lowest BCUT2D eigenvalue weighted by molar-refractivity contribution is -0.153. The van der Waals surface area contributed by atoms with Crippen molar-refractivity contribution in [1.29, 1.82) is 0 Å². The lowest BCUT2D eigenvalue weighted by Crippen LogP contribution is -2.49. The molecule has 0 spiro atoms. The molecule has 8 nitrogen and oxygen atoms in total. The quantitative estimate of drug-likeness (QED) is 0.330. The van der Waals surface area contributed by atoms with Crippen molar-refractivity contribution in [3.05, 3.63) is 29.8 Å². The number of amides is 1.